The molecule has 2 aromatic carbocycles. The normalized spacial score (nSPS) is 12.1. The Kier molecular flexibility index (Phi) is 6.05. The molecule has 0 atom stereocenters. The Morgan fingerprint density at radius 3 is 2.26 bits per heavy atom. The highest BCUT2D eigenvalue weighted by Crippen LogP contribution is 2.30. The Morgan fingerprint density at radius 1 is 0.941 bits per heavy atom. The highest BCUT2D eigenvalue weighted by molar-refractivity contribution is 7.92. The number of hydrogen-bond donors (Lipinski definition) is 1. The molecule has 0 aliphatic carbocycles. The van der Waals surface area contributed by atoms with E-state index in [2.05, 4.69) is 4.98 Å². The molecular weight excluding hydrogens is 471 g/mol. The molecule has 0 aliphatic rings. The van der Waals surface area contributed by atoms with Gasteiger partial charge in [-0.05, 0) is 53.4 Å². The molecule has 0 saturated carbocycles. The van der Waals surface area contributed by atoms with E-state index in [1.54, 1.807) is 18.5 Å². The van der Waals surface area contributed by atoms with Gasteiger partial charge in [0.1, 0.15) is 0 Å². The lowest BCUT2D eigenvalue weighted by molar-refractivity contribution is -0.0436. The molecule has 4 rings (SSSR count). The summed E-state index contributed by atoms with van der Waals surface area (Å²) in [4.78, 5) is 16.1. The predicted octanol–water partition coefficient (Wildman–Crippen LogP) is 3.67. The molecule has 0 spiro atoms. The number of imidazole rings is 1. The first-order valence-electron chi connectivity index (χ1n) is 9.96. The van der Waals surface area contributed by atoms with Crippen LogP contribution in [0.25, 0.3) is 5.69 Å². The standard InChI is InChI=1S/C23H18F3N3O4S/c24-23(25,26)34(32,33)20-8-6-19(7-9-20)29-21(30)15-28(22(29)31)14-17-10-11-27-13-18(17)12-16-4-2-1-3-5-16/h1-11,13,15,30H,12,14H2. The molecule has 7 nitrogen and oxygen atoms in total. The summed E-state index contributed by atoms with van der Waals surface area (Å²) in [6.07, 6.45) is 5.07. The second-order valence-corrected chi connectivity index (χ2v) is 9.42. The number of rotatable bonds is 6. The maximum atomic E-state index is 13.0. The minimum absolute atomic E-state index is 0.0154. The van der Waals surface area contributed by atoms with Crippen molar-refractivity contribution >= 4 is 9.84 Å². The number of aromatic nitrogens is 3. The van der Waals surface area contributed by atoms with Gasteiger partial charge >= 0.3 is 11.2 Å². The number of sulfone groups is 1. The minimum atomic E-state index is -5.52. The van der Waals surface area contributed by atoms with Crippen molar-refractivity contribution in [3.05, 3.63) is 106 Å². The molecule has 1 N–H and O–H groups in total. The van der Waals surface area contributed by atoms with Crippen LogP contribution in [0.15, 0.2) is 88.9 Å². The van der Waals surface area contributed by atoms with Crippen molar-refractivity contribution in [3.8, 4) is 11.6 Å². The van der Waals surface area contributed by atoms with Crippen molar-refractivity contribution in [2.24, 2.45) is 0 Å². The number of aromatic hydroxyl groups is 1. The van der Waals surface area contributed by atoms with E-state index in [1.165, 1.54) is 10.8 Å². The third kappa shape index (κ3) is 4.46. The number of hydrogen-bond acceptors (Lipinski definition) is 5. The van der Waals surface area contributed by atoms with Gasteiger partial charge in [0.25, 0.3) is 9.84 Å². The number of halogens is 3. The largest absolute Gasteiger partial charge is 0.501 e. The van der Waals surface area contributed by atoms with Crippen molar-refractivity contribution in [1.29, 1.82) is 0 Å². The van der Waals surface area contributed by atoms with Gasteiger partial charge in [-0.2, -0.15) is 13.2 Å². The third-order valence-electron chi connectivity index (χ3n) is 5.23. The van der Waals surface area contributed by atoms with Crippen LogP contribution in [0.4, 0.5) is 13.2 Å². The van der Waals surface area contributed by atoms with E-state index in [4.69, 9.17) is 0 Å². The molecule has 176 valence electrons. The van der Waals surface area contributed by atoms with Gasteiger partial charge in [0.2, 0.25) is 5.88 Å². The zero-order valence-electron chi connectivity index (χ0n) is 17.5. The lowest BCUT2D eigenvalue weighted by Crippen LogP contribution is -2.24. The quantitative estimate of drug-likeness (QED) is 0.446. The van der Waals surface area contributed by atoms with Crippen LogP contribution in [-0.4, -0.2) is 33.2 Å². The van der Waals surface area contributed by atoms with Gasteiger partial charge < -0.3 is 5.11 Å². The molecule has 4 aromatic rings. The summed E-state index contributed by atoms with van der Waals surface area (Å²) in [5, 5.41) is 10.3. The number of alkyl halides is 3. The second-order valence-electron chi connectivity index (χ2n) is 7.48. The Hall–Kier alpha value is -3.86. The van der Waals surface area contributed by atoms with Crippen molar-refractivity contribution in [1.82, 2.24) is 14.1 Å². The van der Waals surface area contributed by atoms with Crippen molar-refractivity contribution in [3.63, 3.8) is 0 Å². The maximum absolute atomic E-state index is 13.0. The molecule has 2 heterocycles. The highest BCUT2D eigenvalue weighted by Gasteiger charge is 2.46. The van der Waals surface area contributed by atoms with Gasteiger partial charge in [-0.1, -0.05) is 30.3 Å². The lowest BCUT2D eigenvalue weighted by atomic mass is 10.0. The SMILES string of the molecule is O=c1n(Cc2ccncc2Cc2ccccc2)cc(O)n1-c1ccc(S(=O)(=O)C(F)(F)F)cc1. The van der Waals surface area contributed by atoms with E-state index in [0.29, 0.717) is 6.42 Å². The zero-order chi connectivity index (χ0) is 24.5. The van der Waals surface area contributed by atoms with Crippen LogP contribution in [0.5, 0.6) is 5.88 Å². The predicted molar refractivity (Wildman–Crippen MR) is 118 cm³/mol. The monoisotopic (exact) mass is 489 g/mol. The smallest absolute Gasteiger partial charge is 0.493 e. The molecule has 2 aromatic heterocycles. The summed E-state index contributed by atoms with van der Waals surface area (Å²) in [5.41, 5.74) is -3.34. The topological polar surface area (TPSA) is 94.2 Å². The average molecular weight is 489 g/mol. The molecule has 0 unspecified atom stereocenters. The van der Waals surface area contributed by atoms with Gasteiger partial charge in [0.05, 0.1) is 23.3 Å². The van der Waals surface area contributed by atoms with E-state index in [1.807, 2.05) is 30.3 Å². The second kappa shape index (κ2) is 8.82. The molecule has 0 bridgehead atoms. The van der Waals surface area contributed by atoms with Crippen molar-refractivity contribution in [2.75, 3.05) is 0 Å². The van der Waals surface area contributed by atoms with Crippen LogP contribution in [0, 0.1) is 0 Å². The first kappa shape index (κ1) is 23.3. The van der Waals surface area contributed by atoms with E-state index in [9.17, 15) is 31.5 Å². The molecular formula is C23H18F3N3O4S. The fourth-order valence-electron chi connectivity index (χ4n) is 3.51. The number of benzene rings is 2. The van der Waals surface area contributed by atoms with Gasteiger partial charge in [0.15, 0.2) is 0 Å². The molecule has 11 heteroatoms. The average Bonchev–Trinajstić information content (AvgIpc) is 3.08. The summed E-state index contributed by atoms with van der Waals surface area (Å²) in [6, 6.07) is 15.0. The molecule has 0 aliphatic heterocycles. The maximum Gasteiger partial charge on any atom is 0.501 e. The number of pyridine rings is 1. The summed E-state index contributed by atoms with van der Waals surface area (Å²) < 4.78 is 63.5. The minimum Gasteiger partial charge on any atom is -0.493 e. The van der Waals surface area contributed by atoms with E-state index in [-0.39, 0.29) is 12.2 Å². The van der Waals surface area contributed by atoms with Crippen LogP contribution in [0.3, 0.4) is 0 Å². The van der Waals surface area contributed by atoms with Gasteiger partial charge in [-0.15, -0.1) is 0 Å². The Balaban J connectivity index is 1.64. The van der Waals surface area contributed by atoms with E-state index in [0.717, 1.165) is 45.5 Å². The van der Waals surface area contributed by atoms with Gasteiger partial charge in [0, 0.05) is 12.4 Å². The molecule has 0 fully saturated rings. The molecule has 34 heavy (non-hydrogen) atoms. The summed E-state index contributed by atoms with van der Waals surface area (Å²) in [7, 11) is -5.52. The fourth-order valence-corrected chi connectivity index (χ4v) is 4.27. The van der Waals surface area contributed by atoms with Gasteiger partial charge in [-0.25, -0.2) is 17.8 Å². The fraction of sp³-hybridized carbons (Fsp3) is 0.130. The van der Waals surface area contributed by atoms with Crippen LogP contribution in [0.1, 0.15) is 16.7 Å². The summed E-state index contributed by atoms with van der Waals surface area (Å²) in [6.45, 7) is 0.116. The van der Waals surface area contributed by atoms with Crippen molar-refractivity contribution in [2.45, 2.75) is 23.4 Å². The molecule has 0 saturated heterocycles. The van der Waals surface area contributed by atoms with Crippen molar-refractivity contribution < 1.29 is 26.7 Å². The molecule has 0 amide bonds. The Bertz CT molecular complexity index is 1480. The summed E-state index contributed by atoms with van der Waals surface area (Å²) >= 11 is 0. The van der Waals surface area contributed by atoms with E-state index >= 15 is 0 Å². The first-order valence-corrected chi connectivity index (χ1v) is 11.4. The van der Waals surface area contributed by atoms with Crippen LogP contribution in [0.2, 0.25) is 0 Å². The molecule has 0 radical (unpaired) electrons. The summed E-state index contributed by atoms with van der Waals surface area (Å²) in [5.74, 6) is -0.449. The van der Waals surface area contributed by atoms with Crippen LogP contribution in [-0.2, 0) is 22.8 Å². The highest BCUT2D eigenvalue weighted by atomic mass is 32.2. The Morgan fingerprint density at radius 2 is 1.62 bits per heavy atom. The Labute approximate surface area is 192 Å². The third-order valence-corrected chi connectivity index (χ3v) is 6.73. The number of nitrogens with zero attached hydrogens (tertiary/aromatic N) is 3. The van der Waals surface area contributed by atoms with Crippen LogP contribution >= 0.6 is 0 Å². The van der Waals surface area contributed by atoms with Crippen LogP contribution < -0.4 is 5.69 Å². The zero-order valence-corrected chi connectivity index (χ0v) is 18.3. The lowest BCUT2D eigenvalue weighted by Gasteiger charge is -2.10. The van der Waals surface area contributed by atoms with Gasteiger partial charge in [-0.3, -0.25) is 9.55 Å². The first-order chi connectivity index (χ1) is 16.1. The van der Waals surface area contributed by atoms with E-state index < -0.39 is 31.8 Å².